The van der Waals surface area contributed by atoms with E-state index in [4.69, 9.17) is 0 Å². The molecule has 0 saturated heterocycles. The van der Waals surface area contributed by atoms with Crippen molar-refractivity contribution in [3.63, 3.8) is 0 Å². The Bertz CT molecular complexity index is 1400. The molecule has 4 heteroatoms. The van der Waals surface area contributed by atoms with Gasteiger partial charge in [-0.1, -0.05) is 112 Å². The van der Waals surface area contributed by atoms with Crippen LogP contribution in [0, 0.1) is 0 Å². The van der Waals surface area contributed by atoms with Gasteiger partial charge in [-0.05, 0) is 102 Å². The first-order chi connectivity index (χ1) is 19.5. The molecule has 3 aromatic carbocycles. The molecule has 3 nitrogen and oxygen atoms in total. The first-order valence-electron chi connectivity index (χ1n) is 15.8. The third-order valence-corrected chi connectivity index (χ3v) is 11.1. The van der Waals surface area contributed by atoms with E-state index in [1.165, 1.54) is 60.8 Å². The Kier molecular flexibility index (Phi) is 8.46. The second-order valence-corrected chi connectivity index (χ2v) is 14.1. The number of hydrogen-bond donors (Lipinski definition) is 1. The molecule has 0 aromatic heterocycles. The highest BCUT2D eigenvalue weighted by atomic mass is 32.2. The number of rotatable bonds is 6. The fraction of sp³-hybridized carbons (Fsp3) is 0.500. The molecule has 1 N–H and O–H groups in total. The first kappa shape index (κ1) is 27.7. The maximum absolute atomic E-state index is 13.2. The molecule has 3 aliphatic rings. The van der Waals surface area contributed by atoms with Crippen molar-refractivity contribution in [3.8, 4) is 11.1 Å². The second kappa shape index (κ2) is 12.2. The van der Waals surface area contributed by atoms with E-state index >= 15 is 0 Å². The molecule has 0 radical (unpaired) electrons. The molecule has 3 aromatic rings. The van der Waals surface area contributed by atoms with Gasteiger partial charge in [0, 0.05) is 0 Å². The lowest BCUT2D eigenvalue weighted by molar-refractivity contribution is 0.384. The number of benzene rings is 3. The van der Waals surface area contributed by atoms with Crippen LogP contribution in [-0.2, 0) is 10.1 Å². The number of hydrogen-bond acceptors (Lipinski definition) is 2. The molecule has 212 valence electrons. The summed E-state index contributed by atoms with van der Waals surface area (Å²) in [5.41, 5.74) is 6.97. The lowest BCUT2D eigenvalue weighted by Crippen LogP contribution is -2.20. The van der Waals surface area contributed by atoms with Crippen LogP contribution >= 0.6 is 0 Å². The molecule has 0 spiro atoms. The van der Waals surface area contributed by atoms with Gasteiger partial charge in [-0.3, -0.25) is 4.55 Å². The molecule has 3 fully saturated rings. The summed E-state index contributed by atoms with van der Waals surface area (Å²) in [7, 11) is -4.34. The van der Waals surface area contributed by atoms with Crippen molar-refractivity contribution in [1.29, 1.82) is 0 Å². The van der Waals surface area contributed by atoms with Crippen molar-refractivity contribution in [3.05, 3.63) is 89.0 Å². The average molecular weight is 557 g/mol. The van der Waals surface area contributed by atoms with Crippen LogP contribution in [0.4, 0.5) is 0 Å². The molecule has 3 aliphatic carbocycles. The van der Waals surface area contributed by atoms with Crippen LogP contribution in [0.5, 0.6) is 0 Å². The smallest absolute Gasteiger partial charge is 0.282 e. The van der Waals surface area contributed by atoms with Crippen LogP contribution in [0.25, 0.3) is 11.1 Å². The largest absolute Gasteiger partial charge is 0.295 e. The molecule has 3 saturated carbocycles. The Labute approximate surface area is 241 Å². The normalized spacial score (nSPS) is 23.2. The summed E-state index contributed by atoms with van der Waals surface area (Å²) in [5, 5.41) is 0. The van der Waals surface area contributed by atoms with Gasteiger partial charge in [0.05, 0.1) is 0 Å². The van der Waals surface area contributed by atoms with Crippen LogP contribution in [0.1, 0.15) is 136 Å². The highest BCUT2D eigenvalue weighted by molar-refractivity contribution is 7.86. The first-order valence-corrected chi connectivity index (χ1v) is 17.2. The van der Waals surface area contributed by atoms with Gasteiger partial charge >= 0.3 is 0 Å². The molecule has 2 atom stereocenters. The standard InChI is InChI=1S/C36H44O3S/c37-40(38,39)36-34(28-16-8-3-9-17-28)24-33(27-14-6-2-7-15-27)25-35(36)32-21-11-20-31(23-32)30-19-10-18-29(22-30)26-12-4-1-5-13-26/h1,4-5,10,12-13,18-19,22,24-25,27-28,31-32H,2-3,6-9,11,14-17,20-21,23H2,(H,37,38,39). The van der Waals surface area contributed by atoms with Crippen LogP contribution in [0.2, 0.25) is 0 Å². The summed E-state index contributed by atoms with van der Waals surface area (Å²) < 4.78 is 37.0. The van der Waals surface area contributed by atoms with E-state index in [1.54, 1.807) is 0 Å². The van der Waals surface area contributed by atoms with Crippen molar-refractivity contribution < 1.29 is 13.0 Å². The Balaban J connectivity index is 1.39. The zero-order valence-electron chi connectivity index (χ0n) is 23.7. The van der Waals surface area contributed by atoms with Gasteiger partial charge in [-0.15, -0.1) is 0 Å². The lowest BCUT2D eigenvalue weighted by Gasteiger charge is -2.34. The minimum atomic E-state index is -4.34. The molecule has 0 aliphatic heterocycles. The predicted octanol–water partition coefficient (Wildman–Crippen LogP) is 10.1. The molecule has 0 bridgehead atoms. The van der Waals surface area contributed by atoms with E-state index < -0.39 is 10.1 Å². The molecular weight excluding hydrogens is 512 g/mol. The van der Waals surface area contributed by atoms with Gasteiger partial charge in [0.25, 0.3) is 10.1 Å². The van der Waals surface area contributed by atoms with E-state index in [-0.39, 0.29) is 16.7 Å². The maximum atomic E-state index is 13.2. The Morgan fingerprint density at radius 2 is 1.10 bits per heavy atom. The highest BCUT2D eigenvalue weighted by Gasteiger charge is 2.34. The maximum Gasteiger partial charge on any atom is 0.295 e. The summed E-state index contributed by atoms with van der Waals surface area (Å²) in [6.07, 6.45) is 15.8. The zero-order chi connectivity index (χ0) is 27.5. The van der Waals surface area contributed by atoms with Crippen molar-refractivity contribution in [2.45, 2.75) is 118 Å². The molecule has 40 heavy (non-hydrogen) atoms. The SMILES string of the molecule is O=S(=O)(O)c1c(C2CCCCC2)cc(C2CCCCC2)cc1C1CCCC(c2cccc(-c3ccccc3)c2)C1. The van der Waals surface area contributed by atoms with E-state index in [0.29, 0.717) is 11.8 Å². The fourth-order valence-corrected chi connectivity index (χ4v) is 9.11. The Morgan fingerprint density at radius 1 is 0.525 bits per heavy atom. The van der Waals surface area contributed by atoms with Gasteiger partial charge in [0.1, 0.15) is 4.90 Å². The lowest BCUT2D eigenvalue weighted by atomic mass is 9.72. The molecule has 2 unspecified atom stereocenters. The van der Waals surface area contributed by atoms with Crippen LogP contribution in [-0.4, -0.2) is 13.0 Å². The van der Waals surface area contributed by atoms with Gasteiger partial charge in [-0.25, -0.2) is 0 Å². The molecule has 0 amide bonds. The third-order valence-electron chi connectivity index (χ3n) is 10.1. The van der Waals surface area contributed by atoms with E-state index in [2.05, 4.69) is 66.7 Å². The summed E-state index contributed by atoms with van der Waals surface area (Å²) in [6, 6.07) is 23.9. The highest BCUT2D eigenvalue weighted by Crippen LogP contribution is 2.48. The van der Waals surface area contributed by atoms with Gasteiger partial charge in [-0.2, -0.15) is 8.42 Å². The van der Waals surface area contributed by atoms with Crippen molar-refractivity contribution in [1.82, 2.24) is 0 Å². The van der Waals surface area contributed by atoms with Crippen molar-refractivity contribution in [2.24, 2.45) is 0 Å². The molecular formula is C36H44O3S. The molecule has 0 heterocycles. The zero-order valence-corrected chi connectivity index (χ0v) is 24.5. The predicted molar refractivity (Wildman–Crippen MR) is 164 cm³/mol. The quantitative estimate of drug-likeness (QED) is 0.307. The summed E-state index contributed by atoms with van der Waals surface area (Å²) in [4.78, 5) is 0.266. The third kappa shape index (κ3) is 6.09. The van der Waals surface area contributed by atoms with E-state index in [9.17, 15) is 13.0 Å². The summed E-state index contributed by atoms with van der Waals surface area (Å²) >= 11 is 0. The van der Waals surface area contributed by atoms with Crippen LogP contribution < -0.4 is 0 Å². The van der Waals surface area contributed by atoms with E-state index in [0.717, 1.165) is 62.5 Å². The van der Waals surface area contributed by atoms with Gasteiger partial charge < -0.3 is 0 Å². The minimum absolute atomic E-state index is 0.141. The second-order valence-electron chi connectivity index (χ2n) is 12.7. The van der Waals surface area contributed by atoms with Crippen LogP contribution in [0.3, 0.4) is 0 Å². The van der Waals surface area contributed by atoms with Gasteiger partial charge in [0.15, 0.2) is 0 Å². The Hall–Kier alpha value is -2.43. The minimum Gasteiger partial charge on any atom is -0.282 e. The van der Waals surface area contributed by atoms with Crippen molar-refractivity contribution in [2.75, 3.05) is 0 Å². The molecule has 6 rings (SSSR count). The monoisotopic (exact) mass is 556 g/mol. The van der Waals surface area contributed by atoms with Gasteiger partial charge in [0.2, 0.25) is 0 Å². The average Bonchev–Trinajstić information content (AvgIpc) is 3.01. The fourth-order valence-electron chi connectivity index (χ4n) is 8.07. The van der Waals surface area contributed by atoms with Crippen LogP contribution in [0.15, 0.2) is 71.6 Å². The van der Waals surface area contributed by atoms with E-state index in [1.807, 2.05) is 0 Å². The Morgan fingerprint density at radius 3 is 1.77 bits per heavy atom. The topological polar surface area (TPSA) is 54.4 Å². The summed E-state index contributed by atoms with van der Waals surface area (Å²) in [5.74, 6) is 1.26. The van der Waals surface area contributed by atoms with Crippen molar-refractivity contribution >= 4 is 10.1 Å². The summed E-state index contributed by atoms with van der Waals surface area (Å²) in [6.45, 7) is 0.